The van der Waals surface area contributed by atoms with Crippen molar-refractivity contribution in [2.45, 2.75) is 39.0 Å². The molecule has 2 fully saturated rings. The molecule has 0 aromatic heterocycles. The van der Waals surface area contributed by atoms with Crippen LogP contribution in [-0.4, -0.2) is 0 Å². The fraction of sp³-hybridized carbons (Fsp3) is 0.600. The van der Waals surface area contributed by atoms with E-state index < -0.39 is 0 Å². The zero-order chi connectivity index (χ0) is 6.97. The monoisotopic (exact) mass is 134 g/mol. The Morgan fingerprint density at radius 3 is 2.20 bits per heavy atom. The normalized spacial score (nSPS) is 28.3. The molecule has 0 saturated heterocycles. The molecule has 0 amide bonds. The quantitative estimate of drug-likeness (QED) is 0.477. The lowest BCUT2D eigenvalue weighted by molar-refractivity contribution is 0.625. The summed E-state index contributed by atoms with van der Waals surface area (Å²) >= 11 is 0. The van der Waals surface area contributed by atoms with Crippen LogP contribution in [0.4, 0.5) is 0 Å². The minimum absolute atomic E-state index is 1.34. The summed E-state index contributed by atoms with van der Waals surface area (Å²) in [5.74, 6) is 0. The maximum Gasteiger partial charge on any atom is -0.0236 e. The predicted molar refractivity (Wildman–Crippen MR) is 43.9 cm³/mol. The van der Waals surface area contributed by atoms with Crippen molar-refractivity contribution in [2.75, 3.05) is 0 Å². The van der Waals surface area contributed by atoms with E-state index in [4.69, 9.17) is 0 Å². The van der Waals surface area contributed by atoms with Crippen molar-refractivity contribution >= 4 is 0 Å². The van der Waals surface area contributed by atoms with E-state index in [9.17, 15) is 0 Å². The standard InChI is InChI=1S/C10H14/c1-2-8-6-7-10(8)9-4-3-5-9/h2H,3-7H2,1H3/b8-2+. The number of rotatable bonds is 0. The summed E-state index contributed by atoms with van der Waals surface area (Å²) in [7, 11) is 0. The molecule has 0 atom stereocenters. The highest BCUT2D eigenvalue weighted by atomic mass is 14.3. The Hall–Kier alpha value is -0.520. The molecule has 0 bridgehead atoms. The molecule has 2 saturated carbocycles. The number of hydrogen-bond acceptors (Lipinski definition) is 0. The van der Waals surface area contributed by atoms with Gasteiger partial charge in [0.25, 0.3) is 0 Å². The maximum absolute atomic E-state index is 2.28. The van der Waals surface area contributed by atoms with Gasteiger partial charge in [-0.15, -0.1) is 0 Å². The summed E-state index contributed by atoms with van der Waals surface area (Å²) in [4.78, 5) is 0. The highest BCUT2D eigenvalue weighted by Gasteiger charge is 2.22. The van der Waals surface area contributed by atoms with E-state index in [1.807, 2.05) is 0 Å². The van der Waals surface area contributed by atoms with Crippen molar-refractivity contribution in [3.63, 3.8) is 0 Å². The molecule has 0 N–H and O–H groups in total. The molecule has 0 radical (unpaired) electrons. The van der Waals surface area contributed by atoms with Crippen molar-refractivity contribution in [1.82, 2.24) is 0 Å². The van der Waals surface area contributed by atoms with Crippen LogP contribution in [0.1, 0.15) is 39.0 Å². The van der Waals surface area contributed by atoms with E-state index in [0.29, 0.717) is 0 Å². The zero-order valence-electron chi connectivity index (χ0n) is 6.61. The smallest absolute Gasteiger partial charge is 0.0236 e. The van der Waals surface area contributed by atoms with Crippen molar-refractivity contribution in [3.05, 3.63) is 22.8 Å². The third-order valence-corrected chi connectivity index (χ3v) is 2.76. The first-order chi connectivity index (χ1) is 4.92. The molecule has 0 nitrogen and oxygen atoms in total. The maximum atomic E-state index is 2.28. The third kappa shape index (κ3) is 0.749. The fourth-order valence-corrected chi connectivity index (χ4v) is 1.77. The van der Waals surface area contributed by atoms with Gasteiger partial charge in [-0.2, -0.15) is 0 Å². The second-order valence-electron chi connectivity index (χ2n) is 3.25. The Morgan fingerprint density at radius 2 is 1.90 bits per heavy atom. The van der Waals surface area contributed by atoms with Gasteiger partial charge in [-0.05, 0) is 50.2 Å². The molecule has 2 rings (SSSR count). The average molecular weight is 134 g/mol. The molecule has 0 aliphatic heterocycles. The van der Waals surface area contributed by atoms with Crippen LogP contribution in [0.5, 0.6) is 0 Å². The van der Waals surface area contributed by atoms with Gasteiger partial charge in [-0.1, -0.05) is 11.6 Å². The van der Waals surface area contributed by atoms with Gasteiger partial charge in [0, 0.05) is 0 Å². The van der Waals surface area contributed by atoms with Gasteiger partial charge in [0.1, 0.15) is 0 Å². The van der Waals surface area contributed by atoms with Crippen molar-refractivity contribution < 1.29 is 0 Å². The van der Waals surface area contributed by atoms with Crippen LogP contribution < -0.4 is 0 Å². The molecule has 2 aliphatic carbocycles. The van der Waals surface area contributed by atoms with Gasteiger partial charge in [0.05, 0.1) is 0 Å². The molecular formula is C10H14. The Balaban J connectivity index is 2.18. The van der Waals surface area contributed by atoms with E-state index in [0.717, 1.165) is 0 Å². The van der Waals surface area contributed by atoms with Crippen LogP contribution in [0.2, 0.25) is 0 Å². The minimum atomic E-state index is 1.34. The second kappa shape index (κ2) is 2.26. The van der Waals surface area contributed by atoms with Crippen molar-refractivity contribution in [3.8, 4) is 0 Å². The van der Waals surface area contributed by atoms with Gasteiger partial charge >= 0.3 is 0 Å². The molecule has 0 heteroatoms. The van der Waals surface area contributed by atoms with Gasteiger partial charge in [-0.25, -0.2) is 0 Å². The summed E-state index contributed by atoms with van der Waals surface area (Å²) in [5.41, 5.74) is 5.11. The van der Waals surface area contributed by atoms with E-state index in [1.54, 1.807) is 16.7 Å². The Labute approximate surface area is 62.6 Å². The largest absolute Gasteiger partial charge is 0.0842 e. The van der Waals surface area contributed by atoms with Crippen molar-refractivity contribution in [1.29, 1.82) is 0 Å². The summed E-state index contributed by atoms with van der Waals surface area (Å²) in [6.45, 7) is 2.16. The lowest BCUT2D eigenvalue weighted by Gasteiger charge is -2.30. The Bertz CT molecular complexity index is 200. The first-order valence-electron chi connectivity index (χ1n) is 4.28. The molecule has 0 heterocycles. The molecule has 0 spiro atoms. The summed E-state index contributed by atoms with van der Waals surface area (Å²) < 4.78 is 0. The van der Waals surface area contributed by atoms with Crippen LogP contribution in [0.15, 0.2) is 22.8 Å². The van der Waals surface area contributed by atoms with Crippen LogP contribution in [0, 0.1) is 0 Å². The lowest BCUT2D eigenvalue weighted by Crippen LogP contribution is -2.11. The zero-order valence-corrected chi connectivity index (χ0v) is 6.61. The van der Waals surface area contributed by atoms with Crippen LogP contribution in [0.3, 0.4) is 0 Å². The molecule has 0 aromatic carbocycles. The SMILES string of the molecule is C/C=C1\CCC1=C1CCC1. The third-order valence-electron chi connectivity index (χ3n) is 2.76. The first-order valence-corrected chi connectivity index (χ1v) is 4.28. The average Bonchev–Trinajstić information content (AvgIpc) is 1.77. The first kappa shape index (κ1) is 6.21. The summed E-state index contributed by atoms with van der Waals surface area (Å²) in [6.07, 6.45) is 9.23. The molecule has 2 aliphatic rings. The highest BCUT2D eigenvalue weighted by molar-refractivity contribution is 5.44. The lowest BCUT2D eigenvalue weighted by atomic mass is 9.75. The van der Waals surface area contributed by atoms with Crippen molar-refractivity contribution in [2.24, 2.45) is 0 Å². The molecule has 54 valence electrons. The van der Waals surface area contributed by atoms with E-state index in [-0.39, 0.29) is 0 Å². The van der Waals surface area contributed by atoms with Gasteiger partial charge < -0.3 is 0 Å². The van der Waals surface area contributed by atoms with Crippen LogP contribution >= 0.6 is 0 Å². The van der Waals surface area contributed by atoms with E-state index in [2.05, 4.69) is 13.0 Å². The highest BCUT2D eigenvalue weighted by Crippen LogP contribution is 2.41. The van der Waals surface area contributed by atoms with E-state index >= 15 is 0 Å². The summed E-state index contributed by atoms with van der Waals surface area (Å²) in [6, 6.07) is 0. The molecule has 10 heavy (non-hydrogen) atoms. The molecular weight excluding hydrogens is 120 g/mol. The van der Waals surface area contributed by atoms with Gasteiger partial charge in [-0.3, -0.25) is 0 Å². The topological polar surface area (TPSA) is 0 Å². The Kier molecular flexibility index (Phi) is 1.40. The number of hydrogen-bond donors (Lipinski definition) is 0. The Morgan fingerprint density at radius 1 is 1.10 bits per heavy atom. The summed E-state index contributed by atoms with van der Waals surface area (Å²) in [5, 5.41) is 0. The molecule has 0 unspecified atom stereocenters. The predicted octanol–water partition coefficient (Wildman–Crippen LogP) is 3.21. The van der Waals surface area contributed by atoms with Crippen LogP contribution in [-0.2, 0) is 0 Å². The fourth-order valence-electron chi connectivity index (χ4n) is 1.77. The van der Waals surface area contributed by atoms with Crippen LogP contribution in [0.25, 0.3) is 0 Å². The minimum Gasteiger partial charge on any atom is -0.0842 e. The van der Waals surface area contributed by atoms with Gasteiger partial charge in [0.2, 0.25) is 0 Å². The second-order valence-corrected chi connectivity index (χ2v) is 3.25. The van der Waals surface area contributed by atoms with Gasteiger partial charge in [0.15, 0.2) is 0 Å². The molecule has 0 aromatic rings. The number of allylic oxidation sites excluding steroid dienone is 4. The van der Waals surface area contributed by atoms with E-state index in [1.165, 1.54) is 32.1 Å².